The third-order valence-electron chi connectivity index (χ3n) is 3.75. The molecule has 4 nitrogen and oxygen atoms in total. The number of aromatic nitrogens is 2. The Balaban J connectivity index is 1.58. The highest BCUT2D eigenvalue weighted by Crippen LogP contribution is 2.28. The maximum absolute atomic E-state index is 6.00. The van der Waals surface area contributed by atoms with Crippen LogP contribution in [0.4, 0.5) is 0 Å². The molecule has 0 spiro atoms. The molecular formula is C17H23N3O. The van der Waals surface area contributed by atoms with E-state index in [1.807, 2.05) is 18.3 Å². The Morgan fingerprint density at radius 2 is 2.19 bits per heavy atom. The second kappa shape index (κ2) is 6.31. The molecule has 1 aliphatic heterocycles. The van der Waals surface area contributed by atoms with Crippen molar-refractivity contribution in [1.29, 1.82) is 0 Å². The average molecular weight is 285 g/mol. The standard InChI is InChI=1S/C17H23N3O/c1-13(2)10-18-11-15-7-8-19-20(15)12-16-9-14-5-3-4-6-17(14)21-16/h3-8,13,16,18H,9-12H2,1-2H3. The van der Waals surface area contributed by atoms with Crippen molar-refractivity contribution in [1.82, 2.24) is 15.1 Å². The van der Waals surface area contributed by atoms with Crippen molar-refractivity contribution in [2.75, 3.05) is 6.54 Å². The molecule has 0 saturated heterocycles. The molecule has 1 aromatic heterocycles. The van der Waals surface area contributed by atoms with E-state index >= 15 is 0 Å². The Labute approximate surface area is 126 Å². The molecular weight excluding hydrogens is 262 g/mol. The van der Waals surface area contributed by atoms with Crippen molar-refractivity contribution < 1.29 is 4.74 Å². The third kappa shape index (κ3) is 3.45. The monoisotopic (exact) mass is 285 g/mol. The predicted molar refractivity (Wildman–Crippen MR) is 83.3 cm³/mol. The summed E-state index contributed by atoms with van der Waals surface area (Å²) in [5, 5.41) is 7.90. The summed E-state index contributed by atoms with van der Waals surface area (Å²) in [5.41, 5.74) is 2.52. The highest BCUT2D eigenvalue weighted by molar-refractivity contribution is 5.37. The molecule has 1 unspecified atom stereocenters. The minimum absolute atomic E-state index is 0.186. The van der Waals surface area contributed by atoms with Gasteiger partial charge in [-0.05, 0) is 30.2 Å². The first-order chi connectivity index (χ1) is 10.2. The van der Waals surface area contributed by atoms with Crippen molar-refractivity contribution in [2.24, 2.45) is 5.92 Å². The zero-order valence-electron chi connectivity index (χ0n) is 12.7. The quantitative estimate of drug-likeness (QED) is 0.887. The minimum atomic E-state index is 0.186. The molecule has 1 aliphatic rings. The number of nitrogens with one attached hydrogen (secondary N) is 1. The Morgan fingerprint density at radius 3 is 3.00 bits per heavy atom. The van der Waals surface area contributed by atoms with Gasteiger partial charge in [0.25, 0.3) is 0 Å². The van der Waals surface area contributed by atoms with Crippen molar-refractivity contribution in [3.63, 3.8) is 0 Å². The van der Waals surface area contributed by atoms with Gasteiger partial charge in [-0.1, -0.05) is 32.0 Å². The molecule has 0 bridgehead atoms. The molecule has 0 radical (unpaired) electrons. The smallest absolute Gasteiger partial charge is 0.123 e. The van der Waals surface area contributed by atoms with Crippen LogP contribution in [-0.4, -0.2) is 22.4 Å². The summed E-state index contributed by atoms with van der Waals surface area (Å²) in [6, 6.07) is 10.4. The summed E-state index contributed by atoms with van der Waals surface area (Å²) in [7, 11) is 0. The first-order valence-corrected chi connectivity index (χ1v) is 7.68. The van der Waals surface area contributed by atoms with E-state index in [-0.39, 0.29) is 6.10 Å². The number of hydrogen-bond donors (Lipinski definition) is 1. The molecule has 4 heteroatoms. The molecule has 1 atom stereocenters. The van der Waals surface area contributed by atoms with E-state index in [2.05, 4.69) is 47.1 Å². The summed E-state index contributed by atoms with van der Waals surface area (Å²) in [6.45, 7) is 7.12. The third-order valence-corrected chi connectivity index (χ3v) is 3.75. The fourth-order valence-corrected chi connectivity index (χ4v) is 2.71. The molecule has 2 aromatic rings. The molecule has 1 N–H and O–H groups in total. The number of para-hydroxylation sites is 1. The Kier molecular flexibility index (Phi) is 4.25. The molecule has 0 fully saturated rings. The van der Waals surface area contributed by atoms with Gasteiger partial charge in [0.15, 0.2) is 0 Å². The number of benzene rings is 1. The van der Waals surface area contributed by atoms with E-state index in [0.717, 1.165) is 31.8 Å². The molecule has 3 rings (SSSR count). The number of rotatable bonds is 6. The van der Waals surface area contributed by atoms with Crippen molar-refractivity contribution in [2.45, 2.75) is 39.5 Å². The van der Waals surface area contributed by atoms with Crippen LogP contribution in [0.3, 0.4) is 0 Å². The van der Waals surface area contributed by atoms with Crippen LogP contribution in [0.2, 0.25) is 0 Å². The molecule has 21 heavy (non-hydrogen) atoms. The van der Waals surface area contributed by atoms with Gasteiger partial charge in [-0.25, -0.2) is 0 Å². The molecule has 1 aromatic carbocycles. The van der Waals surface area contributed by atoms with Gasteiger partial charge in [-0.15, -0.1) is 0 Å². The van der Waals surface area contributed by atoms with Gasteiger partial charge in [0, 0.05) is 19.2 Å². The second-order valence-corrected chi connectivity index (χ2v) is 6.08. The largest absolute Gasteiger partial charge is 0.488 e. The normalized spacial score (nSPS) is 17.0. The van der Waals surface area contributed by atoms with Crippen LogP contribution >= 0.6 is 0 Å². The van der Waals surface area contributed by atoms with Gasteiger partial charge in [0.2, 0.25) is 0 Å². The lowest BCUT2D eigenvalue weighted by Crippen LogP contribution is -2.25. The van der Waals surface area contributed by atoms with E-state index < -0.39 is 0 Å². The fourth-order valence-electron chi connectivity index (χ4n) is 2.71. The highest BCUT2D eigenvalue weighted by Gasteiger charge is 2.23. The zero-order valence-corrected chi connectivity index (χ0v) is 12.7. The van der Waals surface area contributed by atoms with Gasteiger partial charge in [0.1, 0.15) is 11.9 Å². The SMILES string of the molecule is CC(C)CNCc1ccnn1CC1Cc2ccccc2O1. The summed E-state index contributed by atoms with van der Waals surface area (Å²) in [4.78, 5) is 0. The molecule has 0 amide bonds. The van der Waals surface area contributed by atoms with Crippen LogP contribution < -0.4 is 10.1 Å². The van der Waals surface area contributed by atoms with Gasteiger partial charge in [-0.2, -0.15) is 5.10 Å². The zero-order chi connectivity index (χ0) is 14.7. The Morgan fingerprint density at radius 1 is 1.33 bits per heavy atom. The fraction of sp³-hybridized carbons (Fsp3) is 0.471. The molecule has 0 aliphatic carbocycles. The second-order valence-electron chi connectivity index (χ2n) is 6.08. The van der Waals surface area contributed by atoms with Crippen molar-refractivity contribution in [3.05, 3.63) is 47.8 Å². The van der Waals surface area contributed by atoms with Crippen molar-refractivity contribution in [3.8, 4) is 5.75 Å². The van der Waals surface area contributed by atoms with E-state index in [0.29, 0.717) is 5.92 Å². The molecule has 2 heterocycles. The Hall–Kier alpha value is -1.81. The lowest BCUT2D eigenvalue weighted by atomic mass is 10.1. The van der Waals surface area contributed by atoms with Gasteiger partial charge < -0.3 is 10.1 Å². The predicted octanol–water partition coefficient (Wildman–Crippen LogP) is 2.63. The highest BCUT2D eigenvalue weighted by atomic mass is 16.5. The first kappa shape index (κ1) is 14.1. The maximum Gasteiger partial charge on any atom is 0.123 e. The van der Waals surface area contributed by atoms with Gasteiger partial charge in [0.05, 0.1) is 12.2 Å². The summed E-state index contributed by atoms with van der Waals surface area (Å²) in [5.74, 6) is 1.68. The van der Waals surface area contributed by atoms with E-state index in [4.69, 9.17) is 4.74 Å². The van der Waals surface area contributed by atoms with Crippen LogP contribution in [0.1, 0.15) is 25.1 Å². The van der Waals surface area contributed by atoms with Crippen LogP contribution in [-0.2, 0) is 19.5 Å². The Bertz CT molecular complexity index is 566. The minimum Gasteiger partial charge on any atom is -0.488 e. The summed E-state index contributed by atoms with van der Waals surface area (Å²) < 4.78 is 8.06. The van der Waals surface area contributed by atoms with Crippen LogP contribution in [0, 0.1) is 5.92 Å². The van der Waals surface area contributed by atoms with Crippen LogP contribution in [0.25, 0.3) is 0 Å². The number of ether oxygens (including phenoxy) is 1. The van der Waals surface area contributed by atoms with E-state index in [9.17, 15) is 0 Å². The van der Waals surface area contributed by atoms with E-state index in [1.54, 1.807) is 0 Å². The summed E-state index contributed by atoms with van der Waals surface area (Å²) >= 11 is 0. The van der Waals surface area contributed by atoms with Gasteiger partial charge >= 0.3 is 0 Å². The van der Waals surface area contributed by atoms with Crippen LogP contribution in [0.15, 0.2) is 36.5 Å². The number of hydrogen-bond acceptors (Lipinski definition) is 3. The van der Waals surface area contributed by atoms with Crippen molar-refractivity contribution >= 4 is 0 Å². The number of nitrogens with zero attached hydrogens (tertiary/aromatic N) is 2. The molecule has 0 saturated carbocycles. The average Bonchev–Trinajstić information content (AvgIpc) is 3.05. The summed E-state index contributed by atoms with van der Waals surface area (Å²) in [6.07, 6.45) is 3.02. The first-order valence-electron chi connectivity index (χ1n) is 7.68. The van der Waals surface area contributed by atoms with E-state index in [1.165, 1.54) is 11.3 Å². The maximum atomic E-state index is 6.00. The lowest BCUT2D eigenvalue weighted by Gasteiger charge is -2.14. The van der Waals surface area contributed by atoms with Crippen LogP contribution in [0.5, 0.6) is 5.75 Å². The topological polar surface area (TPSA) is 39.1 Å². The lowest BCUT2D eigenvalue weighted by molar-refractivity contribution is 0.201. The number of fused-ring (bicyclic) bond motifs is 1. The van der Waals surface area contributed by atoms with Gasteiger partial charge in [-0.3, -0.25) is 4.68 Å². The molecule has 112 valence electrons.